The van der Waals surface area contributed by atoms with Crippen molar-refractivity contribution in [2.75, 3.05) is 13.1 Å². The SMILES string of the molecule is CCC(Oc1ccccc1)C(=O)N1CCC(C)(O)CC1. The van der Waals surface area contributed by atoms with Crippen molar-refractivity contribution < 1.29 is 14.6 Å². The van der Waals surface area contributed by atoms with Crippen LogP contribution in [0.1, 0.15) is 33.1 Å². The molecule has 110 valence electrons. The van der Waals surface area contributed by atoms with Crippen molar-refractivity contribution >= 4 is 5.91 Å². The van der Waals surface area contributed by atoms with Gasteiger partial charge in [0, 0.05) is 13.1 Å². The van der Waals surface area contributed by atoms with E-state index in [-0.39, 0.29) is 5.91 Å². The molecular formula is C16H23NO3. The standard InChI is InChI=1S/C16H23NO3/c1-3-14(20-13-7-5-4-6-8-13)15(18)17-11-9-16(2,19)10-12-17/h4-8,14,19H,3,9-12H2,1-2H3. The van der Waals surface area contributed by atoms with Gasteiger partial charge in [-0.15, -0.1) is 0 Å². The summed E-state index contributed by atoms with van der Waals surface area (Å²) in [6.07, 6.45) is 1.45. The molecule has 1 atom stereocenters. The highest BCUT2D eigenvalue weighted by Crippen LogP contribution is 2.22. The Morgan fingerprint density at radius 2 is 1.95 bits per heavy atom. The lowest BCUT2D eigenvalue weighted by molar-refractivity contribution is -0.142. The first kappa shape index (κ1) is 14.9. The second kappa shape index (κ2) is 6.27. The minimum Gasteiger partial charge on any atom is -0.481 e. The summed E-state index contributed by atoms with van der Waals surface area (Å²) in [4.78, 5) is 14.3. The van der Waals surface area contributed by atoms with Crippen molar-refractivity contribution in [2.24, 2.45) is 0 Å². The maximum Gasteiger partial charge on any atom is 0.263 e. The van der Waals surface area contributed by atoms with Crippen molar-refractivity contribution in [3.8, 4) is 5.75 Å². The van der Waals surface area contributed by atoms with Gasteiger partial charge >= 0.3 is 0 Å². The van der Waals surface area contributed by atoms with E-state index < -0.39 is 11.7 Å². The monoisotopic (exact) mass is 277 g/mol. The van der Waals surface area contributed by atoms with Crippen LogP contribution in [0.4, 0.5) is 0 Å². The number of aliphatic hydroxyl groups is 1. The molecule has 0 aromatic heterocycles. The first-order chi connectivity index (χ1) is 9.52. The molecule has 20 heavy (non-hydrogen) atoms. The third-order valence-corrected chi connectivity index (χ3v) is 3.82. The summed E-state index contributed by atoms with van der Waals surface area (Å²) in [7, 11) is 0. The molecule has 0 spiro atoms. The van der Waals surface area contributed by atoms with E-state index in [9.17, 15) is 9.90 Å². The number of para-hydroxylation sites is 1. The lowest BCUT2D eigenvalue weighted by Gasteiger charge is -2.37. The van der Waals surface area contributed by atoms with Crippen molar-refractivity contribution in [2.45, 2.75) is 44.8 Å². The van der Waals surface area contributed by atoms with Gasteiger partial charge in [-0.2, -0.15) is 0 Å². The van der Waals surface area contributed by atoms with E-state index >= 15 is 0 Å². The number of hydrogen-bond acceptors (Lipinski definition) is 3. The van der Waals surface area contributed by atoms with Crippen LogP contribution in [-0.2, 0) is 4.79 Å². The van der Waals surface area contributed by atoms with Crippen LogP contribution in [0.3, 0.4) is 0 Å². The van der Waals surface area contributed by atoms with Crippen LogP contribution in [0.5, 0.6) is 5.75 Å². The number of hydrogen-bond donors (Lipinski definition) is 1. The Kier molecular flexibility index (Phi) is 4.65. The Morgan fingerprint density at radius 3 is 2.50 bits per heavy atom. The summed E-state index contributed by atoms with van der Waals surface area (Å²) < 4.78 is 5.78. The molecule has 1 fully saturated rings. The second-order valence-corrected chi connectivity index (χ2v) is 5.65. The smallest absolute Gasteiger partial charge is 0.263 e. The highest BCUT2D eigenvalue weighted by molar-refractivity contribution is 5.81. The summed E-state index contributed by atoms with van der Waals surface area (Å²) in [5.41, 5.74) is -0.640. The number of piperidine rings is 1. The fraction of sp³-hybridized carbons (Fsp3) is 0.562. The molecule has 1 aromatic carbocycles. The number of likely N-dealkylation sites (tertiary alicyclic amines) is 1. The molecule has 1 amide bonds. The van der Waals surface area contributed by atoms with Crippen molar-refractivity contribution in [1.82, 2.24) is 4.90 Å². The minimum atomic E-state index is -0.640. The van der Waals surface area contributed by atoms with Crippen LogP contribution in [0, 0.1) is 0 Å². The molecule has 0 aliphatic carbocycles. The fourth-order valence-corrected chi connectivity index (χ4v) is 2.38. The fourth-order valence-electron chi connectivity index (χ4n) is 2.38. The molecule has 0 bridgehead atoms. The Balaban J connectivity index is 1.96. The third kappa shape index (κ3) is 3.73. The molecule has 1 aliphatic rings. The molecule has 0 radical (unpaired) electrons. The molecule has 4 nitrogen and oxygen atoms in total. The van der Waals surface area contributed by atoms with Gasteiger partial charge in [0.25, 0.3) is 5.91 Å². The van der Waals surface area contributed by atoms with E-state index in [2.05, 4.69) is 0 Å². The van der Waals surface area contributed by atoms with Gasteiger partial charge in [-0.3, -0.25) is 4.79 Å². The average molecular weight is 277 g/mol. The van der Waals surface area contributed by atoms with E-state index in [4.69, 9.17) is 4.74 Å². The van der Waals surface area contributed by atoms with Gasteiger partial charge in [0.1, 0.15) is 5.75 Å². The average Bonchev–Trinajstić information content (AvgIpc) is 2.45. The number of carbonyl (C=O) groups is 1. The van der Waals surface area contributed by atoms with Crippen molar-refractivity contribution in [3.05, 3.63) is 30.3 Å². The second-order valence-electron chi connectivity index (χ2n) is 5.65. The van der Waals surface area contributed by atoms with Crippen molar-refractivity contribution in [1.29, 1.82) is 0 Å². The summed E-state index contributed by atoms with van der Waals surface area (Å²) in [5, 5.41) is 9.94. The maximum atomic E-state index is 12.5. The number of rotatable bonds is 4. The van der Waals surface area contributed by atoms with Gasteiger partial charge in [-0.25, -0.2) is 0 Å². The summed E-state index contributed by atoms with van der Waals surface area (Å²) >= 11 is 0. The van der Waals surface area contributed by atoms with Crippen LogP contribution >= 0.6 is 0 Å². The molecular weight excluding hydrogens is 254 g/mol. The van der Waals surface area contributed by atoms with Crippen LogP contribution in [0.2, 0.25) is 0 Å². The van der Waals surface area contributed by atoms with Gasteiger partial charge < -0.3 is 14.7 Å². The van der Waals surface area contributed by atoms with E-state index in [1.165, 1.54) is 0 Å². The highest BCUT2D eigenvalue weighted by Gasteiger charge is 2.32. The van der Waals surface area contributed by atoms with E-state index in [1.54, 1.807) is 4.90 Å². The van der Waals surface area contributed by atoms with E-state index in [0.29, 0.717) is 32.4 Å². The van der Waals surface area contributed by atoms with Crippen molar-refractivity contribution in [3.63, 3.8) is 0 Å². The van der Waals surface area contributed by atoms with Crippen LogP contribution < -0.4 is 4.74 Å². The van der Waals surface area contributed by atoms with Gasteiger partial charge in [-0.05, 0) is 38.3 Å². The lowest BCUT2D eigenvalue weighted by Crippen LogP contribution is -2.49. The third-order valence-electron chi connectivity index (χ3n) is 3.82. The number of benzene rings is 1. The minimum absolute atomic E-state index is 0.0202. The van der Waals surface area contributed by atoms with Gasteiger partial charge in [0.05, 0.1) is 5.60 Å². The summed E-state index contributed by atoms with van der Waals surface area (Å²) in [5.74, 6) is 0.739. The number of ether oxygens (including phenoxy) is 1. The van der Waals surface area contributed by atoms with Crippen LogP contribution in [0.25, 0.3) is 0 Å². The Morgan fingerprint density at radius 1 is 1.35 bits per heavy atom. The summed E-state index contributed by atoms with van der Waals surface area (Å²) in [6.45, 7) is 4.97. The molecule has 1 unspecified atom stereocenters. The highest BCUT2D eigenvalue weighted by atomic mass is 16.5. The summed E-state index contributed by atoms with van der Waals surface area (Å²) in [6, 6.07) is 9.42. The molecule has 4 heteroatoms. The zero-order valence-electron chi connectivity index (χ0n) is 12.2. The van der Waals surface area contributed by atoms with Gasteiger partial charge in [0.2, 0.25) is 0 Å². The van der Waals surface area contributed by atoms with Gasteiger partial charge in [-0.1, -0.05) is 25.1 Å². The largest absolute Gasteiger partial charge is 0.481 e. The van der Waals surface area contributed by atoms with Gasteiger partial charge in [0.15, 0.2) is 6.10 Å². The Labute approximate surface area is 120 Å². The molecule has 0 saturated carbocycles. The number of carbonyl (C=O) groups excluding carboxylic acids is 1. The molecule has 1 aromatic rings. The molecule has 2 rings (SSSR count). The number of nitrogens with zero attached hydrogens (tertiary/aromatic N) is 1. The normalized spacial score (nSPS) is 19.4. The zero-order chi connectivity index (χ0) is 14.6. The predicted octanol–water partition coefficient (Wildman–Crippen LogP) is 2.22. The molecule has 1 saturated heterocycles. The first-order valence-corrected chi connectivity index (χ1v) is 7.25. The van der Waals surface area contributed by atoms with E-state index in [0.717, 1.165) is 5.75 Å². The molecule has 1 heterocycles. The Hall–Kier alpha value is -1.55. The Bertz CT molecular complexity index is 434. The topological polar surface area (TPSA) is 49.8 Å². The number of amides is 1. The van der Waals surface area contributed by atoms with E-state index in [1.807, 2.05) is 44.2 Å². The van der Waals surface area contributed by atoms with Crippen LogP contribution in [0.15, 0.2) is 30.3 Å². The molecule has 1 aliphatic heterocycles. The zero-order valence-corrected chi connectivity index (χ0v) is 12.2. The molecule has 1 N–H and O–H groups in total. The van der Waals surface area contributed by atoms with Crippen LogP contribution in [-0.4, -0.2) is 40.7 Å². The first-order valence-electron chi connectivity index (χ1n) is 7.25. The predicted molar refractivity (Wildman–Crippen MR) is 77.6 cm³/mol. The quantitative estimate of drug-likeness (QED) is 0.918. The maximum absolute atomic E-state index is 12.5. The lowest BCUT2D eigenvalue weighted by atomic mass is 9.93.